The minimum atomic E-state index is -0.609. The van der Waals surface area contributed by atoms with Crippen molar-refractivity contribution in [2.24, 2.45) is 0 Å². The Morgan fingerprint density at radius 1 is 1.04 bits per heavy atom. The summed E-state index contributed by atoms with van der Waals surface area (Å²) in [4.78, 5) is 13.3. The summed E-state index contributed by atoms with van der Waals surface area (Å²) in [5.41, 5.74) is 1.58. The number of amides is 1. The number of hydrogen-bond donors (Lipinski definition) is 2. The highest BCUT2D eigenvalue weighted by Crippen LogP contribution is 2.26. The molecule has 0 fully saturated rings. The Kier molecular flexibility index (Phi) is 5.74. The second kappa shape index (κ2) is 8.19. The van der Waals surface area contributed by atoms with Gasteiger partial charge in [0.15, 0.2) is 0 Å². The molecular formula is C21H21NO2S. The Balaban J connectivity index is 1.64. The number of hydrogen-bond acceptors (Lipinski definition) is 3. The van der Waals surface area contributed by atoms with Gasteiger partial charge in [0.05, 0.1) is 11.7 Å². The van der Waals surface area contributed by atoms with E-state index < -0.39 is 6.10 Å². The van der Waals surface area contributed by atoms with Crippen molar-refractivity contribution in [1.82, 2.24) is 5.32 Å². The first-order chi connectivity index (χ1) is 12.2. The predicted octanol–water partition coefficient (Wildman–Crippen LogP) is 4.42. The van der Waals surface area contributed by atoms with E-state index in [-0.39, 0.29) is 5.91 Å². The largest absolute Gasteiger partial charge is 0.388 e. The Hall–Kier alpha value is -2.30. The minimum Gasteiger partial charge on any atom is -0.388 e. The van der Waals surface area contributed by atoms with Crippen LogP contribution in [0.2, 0.25) is 0 Å². The number of carbonyl (C=O) groups excluding carboxylic acids is 1. The number of aliphatic hydroxyl groups is 1. The van der Waals surface area contributed by atoms with Gasteiger partial charge in [-0.05, 0) is 41.1 Å². The van der Waals surface area contributed by atoms with Gasteiger partial charge in [-0.3, -0.25) is 4.79 Å². The van der Waals surface area contributed by atoms with Gasteiger partial charge >= 0.3 is 0 Å². The minimum absolute atomic E-state index is 0.102. The van der Waals surface area contributed by atoms with E-state index in [4.69, 9.17) is 0 Å². The Morgan fingerprint density at radius 2 is 1.76 bits per heavy atom. The normalized spacial score (nSPS) is 12.1. The molecule has 1 atom stereocenters. The van der Waals surface area contributed by atoms with Crippen molar-refractivity contribution in [3.05, 3.63) is 77.9 Å². The van der Waals surface area contributed by atoms with Crippen molar-refractivity contribution in [2.75, 3.05) is 12.8 Å². The molecule has 0 aromatic heterocycles. The second-order valence-corrected chi connectivity index (χ2v) is 6.68. The highest BCUT2D eigenvalue weighted by molar-refractivity contribution is 7.98. The fourth-order valence-corrected chi connectivity index (χ4v) is 3.54. The van der Waals surface area contributed by atoms with Crippen molar-refractivity contribution < 1.29 is 9.90 Å². The fraction of sp³-hybridized carbons (Fsp3) is 0.190. The van der Waals surface area contributed by atoms with Gasteiger partial charge in [-0.15, -0.1) is 11.8 Å². The Labute approximate surface area is 152 Å². The summed E-state index contributed by atoms with van der Waals surface area (Å²) in [5, 5.41) is 15.6. The number of aliphatic hydroxyl groups excluding tert-OH is 1. The molecule has 0 spiro atoms. The smallest absolute Gasteiger partial charge is 0.252 e. The van der Waals surface area contributed by atoms with Crippen molar-refractivity contribution >= 4 is 28.4 Å². The summed E-state index contributed by atoms with van der Waals surface area (Å²) in [5.74, 6) is -0.102. The average molecular weight is 351 g/mol. The third-order valence-electron chi connectivity index (χ3n) is 4.24. The zero-order valence-corrected chi connectivity index (χ0v) is 14.9. The maximum Gasteiger partial charge on any atom is 0.252 e. The molecule has 3 aromatic rings. The molecule has 3 aromatic carbocycles. The summed E-state index contributed by atoms with van der Waals surface area (Å²) >= 11 is 1.55. The molecule has 0 aliphatic heterocycles. The number of fused-ring (bicyclic) bond motifs is 1. The lowest BCUT2D eigenvalue weighted by Gasteiger charge is -2.15. The average Bonchev–Trinajstić information content (AvgIpc) is 2.67. The highest BCUT2D eigenvalue weighted by atomic mass is 32.2. The molecule has 0 saturated heterocycles. The molecule has 1 unspecified atom stereocenters. The molecule has 0 bridgehead atoms. The van der Waals surface area contributed by atoms with Crippen molar-refractivity contribution in [2.45, 2.75) is 17.4 Å². The maximum atomic E-state index is 12.3. The zero-order chi connectivity index (χ0) is 17.6. The summed E-state index contributed by atoms with van der Waals surface area (Å²) in [6.07, 6.45) is 1.82. The zero-order valence-electron chi connectivity index (χ0n) is 14.1. The van der Waals surface area contributed by atoms with Gasteiger partial charge in [-0.2, -0.15) is 0 Å². The van der Waals surface area contributed by atoms with E-state index in [2.05, 4.69) is 5.32 Å². The topological polar surface area (TPSA) is 49.3 Å². The van der Waals surface area contributed by atoms with E-state index in [1.807, 2.05) is 73.0 Å². The second-order valence-electron chi connectivity index (χ2n) is 5.83. The van der Waals surface area contributed by atoms with Gasteiger partial charge in [-0.1, -0.05) is 54.6 Å². The number of benzene rings is 3. The highest BCUT2D eigenvalue weighted by Gasteiger charge is 2.13. The first kappa shape index (κ1) is 17.5. The lowest BCUT2D eigenvalue weighted by atomic mass is 9.99. The molecule has 0 heterocycles. The van der Waals surface area contributed by atoms with Crippen LogP contribution in [0.1, 0.15) is 28.4 Å². The third kappa shape index (κ3) is 4.03. The molecule has 0 aliphatic rings. The number of thioether (sulfide) groups is 1. The molecule has 4 heteroatoms. The summed E-state index contributed by atoms with van der Waals surface area (Å²) < 4.78 is 0. The van der Waals surface area contributed by atoms with E-state index >= 15 is 0 Å². The summed E-state index contributed by atoms with van der Waals surface area (Å²) in [6, 6.07) is 21.5. The number of nitrogens with one attached hydrogen (secondary N) is 1. The standard InChI is InChI=1S/C21H21NO2S/c1-25-20-12-5-4-10-18(20)21(24)22-14-13-19(23)17-11-6-8-15-7-2-3-9-16(15)17/h2-12,19,23H,13-14H2,1H3,(H,22,24). The lowest BCUT2D eigenvalue weighted by Crippen LogP contribution is -2.26. The molecule has 25 heavy (non-hydrogen) atoms. The van der Waals surface area contributed by atoms with Crippen molar-refractivity contribution in [3.63, 3.8) is 0 Å². The third-order valence-corrected chi connectivity index (χ3v) is 5.03. The predicted molar refractivity (Wildman–Crippen MR) is 104 cm³/mol. The monoisotopic (exact) mass is 351 g/mol. The molecule has 3 nitrogen and oxygen atoms in total. The van der Waals surface area contributed by atoms with E-state index in [0.717, 1.165) is 21.2 Å². The molecule has 0 aliphatic carbocycles. The number of rotatable bonds is 6. The van der Waals surface area contributed by atoms with Crippen LogP contribution in [0.15, 0.2) is 71.6 Å². The first-order valence-electron chi connectivity index (χ1n) is 8.27. The molecule has 3 rings (SSSR count). The van der Waals surface area contributed by atoms with Crippen LogP contribution in [0.5, 0.6) is 0 Å². The molecule has 128 valence electrons. The van der Waals surface area contributed by atoms with Crippen LogP contribution in [0.4, 0.5) is 0 Å². The van der Waals surface area contributed by atoms with Crippen LogP contribution in [0.25, 0.3) is 10.8 Å². The van der Waals surface area contributed by atoms with Gasteiger partial charge in [0.2, 0.25) is 0 Å². The van der Waals surface area contributed by atoms with Crippen LogP contribution in [0.3, 0.4) is 0 Å². The van der Waals surface area contributed by atoms with E-state index in [9.17, 15) is 9.90 Å². The van der Waals surface area contributed by atoms with Crippen molar-refractivity contribution in [1.29, 1.82) is 0 Å². The number of carbonyl (C=O) groups is 1. The van der Waals surface area contributed by atoms with Gasteiger partial charge in [0.1, 0.15) is 0 Å². The van der Waals surface area contributed by atoms with Crippen LogP contribution in [0, 0.1) is 0 Å². The van der Waals surface area contributed by atoms with Gasteiger partial charge in [0, 0.05) is 11.4 Å². The van der Waals surface area contributed by atoms with Crippen LogP contribution >= 0.6 is 11.8 Å². The van der Waals surface area contributed by atoms with Crippen LogP contribution in [-0.4, -0.2) is 23.8 Å². The van der Waals surface area contributed by atoms with Crippen molar-refractivity contribution in [3.8, 4) is 0 Å². The van der Waals surface area contributed by atoms with Gasteiger partial charge < -0.3 is 10.4 Å². The van der Waals surface area contributed by atoms with E-state index in [1.54, 1.807) is 11.8 Å². The quantitative estimate of drug-likeness (QED) is 0.647. The summed E-state index contributed by atoms with van der Waals surface area (Å²) in [7, 11) is 0. The van der Waals surface area contributed by atoms with Crippen LogP contribution in [-0.2, 0) is 0 Å². The SMILES string of the molecule is CSc1ccccc1C(=O)NCCC(O)c1cccc2ccccc12. The first-order valence-corrected chi connectivity index (χ1v) is 9.50. The Morgan fingerprint density at radius 3 is 2.60 bits per heavy atom. The molecule has 0 radical (unpaired) electrons. The fourth-order valence-electron chi connectivity index (χ4n) is 2.95. The summed E-state index contributed by atoms with van der Waals surface area (Å²) in [6.45, 7) is 0.423. The lowest BCUT2D eigenvalue weighted by molar-refractivity contribution is 0.0940. The van der Waals surface area contributed by atoms with Gasteiger partial charge in [0.25, 0.3) is 5.91 Å². The van der Waals surface area contributed by atoms with E-state index in [1.165, 1.54) is 0 Å². The maximum absolute atomic E-state index is 12.3. The molecule has 1 amide bonds. The molecule has 0 saturated carbocycles. The molecule has 2 N–H and O–H groups in total. The van der Waals surface area contributed by atoms with E-state index in [0.29, 0.717) is 18.5 Å². The Bertz CT molecular complexity index is 873. The van der Waals surface area contributed by atoms with Crippen LogP contribution < -0.4 is 5.32 Å². The molecular weight excluding hydrogens is 330 g/mol. The van der Waals surface area contributed by atoms with Gasteiger partial charge in [-0.25, -0.2) is 0 Å².